The van der Waals surface area contributed by atoms with Gasteiger partial charge in [-0.2, -0.15) is 0 Å². The summed E-state index contributed by atoms with van der Waals surface area (Å²) in [6, 6.07) is 0. The third kappa shape index (κ3) is 7.37. The normalized spacial score (nSPS) is 12.5. The second kappa shape index (κ2) is 8.72. The minimum Gasteiger partial charge on any atom is -0.396 e. The largest absolute Gasteiger partial charge is 0.396 e. The molecule has 0 aliphatic carbocycles. The van der Waals surface area contributed by atoms with Crippen LogP contribution in [0.2, 0.25) is 0 Å². The topological polar surface area (TPSA) is 40.5 Å². The van der Waals surface area contributed by atoms with Gasteiger partial charge in [-0.1, -0.05) is 32.6 Å². The van der Waals surface area contributed by atoms with Gasteiger partial charge in [-0.3, -0.25) is 4.79 Å². The van der Waals surface area contributed by atoms with Gasteiger partial charge < -0.3 is 10.0 Å². The number of carbonyl (C=O) groups is 1. The molecular formula is C12H25NO2. The maximum absolute atomic E-state index is 11.4. The lowest BCUT2D eigenvalue weighted by atomic mass is 9.98. The Bertz CT molecular complexity index is 169. The van der Waals surface area contributed by atoms with E-state index in [-0.39, 0.29) is 18.4 Å². The van der Waals surface area contributed by atoms with Crippen molar-refractivity contribution in [2.75, 3.05) is 20.7 Å². The van der Waals surface area contributed by atoms with Crippen LogP contribution < -0.4 is 0 Å². The molecule has 0 bridgehead atoms. The van der Waals surface area contributed by atoms with Crippen molar-refractivity contribution in [1.82, 2.24) is 4.90 Å². The van der Waals surface area contributed by atoms with E-state index in [2.05, 4.69) is 6.92 Å². The standard InChI is InChI=1S/C12H25NO2/c1-4-5-6-7-8-11(10-14)9-12(15)13(2)3/h11,14H,4-10H2,1-3H3/t11-/m0/s1. The van der Waals surface area contributed by atoms with Crippen LogP contribution in [0, 0.1) is 5.92 Å². The molecule has 15 heavy (non-hydrogen) atoms. The van der Waals surface area contributed by atoms with Crippen LogP contribution in [0.15, 0.2) is 0 Å². The van der Waals surface area contributed by atoms with Crippen LogP contribution in [0.25, 0.3) is 0 Å². The van der Waals surface area contributed by atoms with Crippen LogP contribution >= 0.6 is 0 Å². The Labute approximate surface area is 93.5 Å². The first-order valence-corrected chi connectivity index (χ1v) is 5.92. The van der Waals surface area contributed by atoms with E-state index in [9.17, 15) is 4.79 Å². The van der Waals surface area contributed by atoms with Crippen LogP contribution in [-0.4, -0.2) is 36.6 Å². The zero-order chi connectivity index (χ0) is 11.7. The van der Waals surface area contributed by atoms with Gasteiger partial charge >= 0.3 is 0 Å². The molecule has 0 rings (SSSR count). The Morgan fingerprint density at radius 1 is 1.27 bits per heavy atom. The molecule has 0 aromatic heterocycles. The summed E-state index contributed by atoms with van der Waals surface area (Å²) in [6.45, 7) is 2.31. The summed E-state index contributed by atoms with van der Waals surface area (Å²) in [4.78, 5) is 13.0. The van der Waals surface area contributed by atoms with Crippen molar-refractivity contribution in [3.63, 3.8) is 0 Å². The highest BCUT2D eigenvalue weighted by Crippen LogP contribution is 2.14. The summed E-state index contributed by atoms with van der Waals surface area (Å²) in [7, 11) is 3.52. The van der Waals surface area contributed by atoms with Crippen LogP contribution in [0.3, 0.4) is 0 Å². The number of rotatable bonds is 8. The predicted octanol–water partition coefficient (Wildman–Crippen LogP) is 2.04. The fraction of sp³-hybridized carbons (Fsp3) is 0.917. The number of nitrogens with zero attached hydrogens (tertiary/aromatic N) is 1. The molecule has 0 radical (unpaired) electrons. The van der Waals surface area contributed by atoms with Gasteiger partial charge in [0.2, 0.25) is 5.91 Å². The lowest BCUT2D eigenvalue weighted by Crippen LogP contribution is -2.25. The first-order chi connectivity index (χ1) is 7.11. The average molecular weight is 215 g/mol. The zero-order valence-electron chi connectivity index (χ0n) is 10.3. The highest BCUT2D eigenvalue weighted by molar-refractivity contribution is 5.75. The van der Waals surface area contributed by atoms with E-state index in [1.54, 1.807) is 19.0 Å². The highest BCUT2D eigenvalue weighted by Gasteiger charge is 2.13. The number of aliphatic hydroxyl groups excluding tert-OH is 1. The number of carbonyl (C=O) groups excluding carboxylic acids is 1. The van der Waals surface area contributed by atoms with E-state index >= 15 is 0 Å². The highest BCUT2D eigenvalue weighted by atomic mass is 16.3. The zero-order valence-corrected chi connectivity index (χ0v) is 10.3. The van der Waals surface area contributed by atoms with E-state index in [1.807, 2.05) is 0 Å². The monoisotopic (exact) mass is 215 g/mol. The van der Waals surface area contributed by atoms with Gasteiger partial charge in [0.1, 0.15) is 0 Å². The van der Waals surface area contributed by atoms with Gasteiger partial charge in [0.05, 0.1) is 0 Å². The molecule has 3 heteroatoms. The molecule has 0 saturated heterocycles. The van der Waals surface area contributed by atoms with Gasteiger partial charge in [-0.05, 0) is 12.3 Å². The second-order valence-electron chi connectivity index (χ2n) is 4.39. The Morgan fingerprint density at radius 2 is 1.93 bits per heavy atom. The fourth-order valence-electron chi connectivity index (χ4n) is 1.55. The van der Waals surface area contributed by atoms with Gasteiger partial charge in [-0.25, -0.2) is 0 Å². The number of hydrogen-bond donors (Lipinski definition) is 1. The average Bonchev–Trinajstić information content (AvgIpc) is 2.22. The van der Waals surface area contributed by atoms with Gasteiger partial charge in [0.25, 0.3) is 0 Å². The molecular weight excluding hydrogens is 190 g/mol. The summed E-state index contributed by atoms with van der Waals surface area (Å²) >= 11 is 0. The Hall–Kier alpha value is -0.570. The van der Waals surface area contributed by atoms with E-state index < -0.39 is 0 Å². The van der Waals surface area contributed by atoms with Crippen molar-refractivity contribution in [1.29, 1.82) is 0 Å². The summed E-state index contributed by atoms with van der Waals surface area (Å²) < 4.78 is 0. The van der Waals surface area contributed by atoms with E-state index in [4.69, 9.17) is 5.11 Å². The molecule has 0 aliphatic heterocycles. The maximum Gasteiger partial charge on any atom is 0.222 e. The molecule has 0 spiro atoms. The van der Waals surface area contributed by atoms with E-state index in [0.29, 0.717) is 6.42 Å². The van der Waals surface area contributed by atoms with Crippen molar-refractivity contribution in [2.24, 2.45) is 5.92 Å². The third-order valence-corrected chi connectivity index (χ3v) is 2.69. The summed E-state index contributed by atoms with van der Waals surface area (Å²) in [6.07, 6.45) is 6.26. The van der Waals surface area contributed by atoms with Crippen LogP contribution in [0.5, 0.6) is 0 Å². The molecule has 0 heterocycles. The molecule has 1 N–H and O–H groups in total. The molecule has 0 unspecified atom stereocenters. The predicted molar refractivity (Wildman–Crippen MR) is 62.6 cm³/mol. The van der Waals surface area contributed by atoms with Crippen molar-refractivity contribution in [3.8, 4) is 0 Å². The molecule has 1 atom stereocenters. The Morgan fingerprint density at radius 3 is 2.40 bits per heavy atom. The first-order valence-electron chi connectivity index (χ1n) is 5.92. The SMILES string of the molecule is CCCCCC[C@H](CO)CC(=O)N(C)C. The van der Waals surface area contributed by atoms with E-state index in [0.717, 1.165) is 12.8 Å². The number of hydrogen-bond acceptors (Lipinski definition) is 2. The van der Waals surface area contributed by atoms with Crippen LogP contribution in [0.4, 0.5) is 0 Å². The second-order valence-corrected chi connectivity index (χ2v) is 4.39. The van der Waals surface area contributed by atoms with Crippen LogP contribution in [0.1, 0.15) is 45.4 Å². The Balaban J connectivity index is 3.68. The molecule has 1 amide bonds. The molecule has 3 nitrogen and oxygen atoms in total. The number of unbranched alkanes of at least 4 members (excludes halogenated alkanes) is 3. The van der Waals surface area contributed by atoms with Gasteiger partial charge in [-0.15, -0.1) is 0 Å². The molecule has 0 aromatic carbocycles. The van der Waals surface area contributed by atoms with E-state index in [1.165, 1.54) is 19.3 Å². The summed E-state index contributed by atoms with van der Waals surface area (Å²) in [5.74, 6) is 0.265. The van der Waals surface area contributed by atoms with Crippen LogP contribution in [-0.2, 0) is 4.79 Å². The summed E-state index contributed by atoms with van der Waals surface area (Å²) in [5, 5.41) is 9.14. The van der Waals surface area contributed by atoms with Crippen molar-refractivity contribution < 1.29 is 9.90 Å². The maximum atomic E-state index is 11.4. The molecule has 0 aromatic rings. The van der Waals surface area contributed by atoms with Crippen molar-refractivity contribution in [2.45, 2.75) is 45.4 Å². The van der Waals surface area contributed by atoms with Gasteiger partial charge in [0.15, 0.2) is 0 Å². The van der Waals surface area contributed by atoms with Crippen molar-refractivity contribution >= 4 is 5.91 Å². The van der Waals surface area contributed by atoms with Gasteiger partial charge in [0, 0.05) is 27.1 Å². The third-order valence-electron chi connectivity index (χ3n) is 2.69. The molecule has 90 valence electrons. The molecule has 0 fully saturated rings. The Kier molecular flexibility index (Phi) is 8.38. The minimum absolute atomic E-state index is 0.115. The lowest BCUT2D eigenvalue weighted by molar-refractivity contribution is -0.130. The minimum atomic E-state index is 0.115. The number of aliphatic hydroxyl groups is 1. The molecule has 0 aliphatic rings. The smallest absolute Gasteiger partial charge is 0.222 e. The quantitative estimate of drug-likeness (QED) is 0.629. The summed E-state index contributed by atoms with van der Waals surface area (Å²) in [5.41, 5.74) is 0. The first kappa shape index (κ1) is 14.4. The van der Waals surface area contributed by atoms with Crippen molar-refractivity contribution in [3.05, 3.63) is 0 Å². The fourth-order valence-corrected chi connectivity index (χ4v) is 1.55. The molecule has 0 saturated carbocycles. The number of amides is 1. The lowest BCUT2D eigenvalue weighted by Gasteiger charge is -2.16.